The number of carbonyl (C=O) groups is 1. The number of hydrogen-bond donors (Lipinski definition) is 2. The van der Waals surface area contributed by atoms with Crippen molar-refractivity contribution in [2.24, 2.45) is 5.73 Å². The molecule has 1 heterocycles. The highest BCUT2D eigenvalue weighted by Gasteiger charge is 2.13. The molecule has 0 aromatic carbocycles. The Morgan fingerprint density at radius 3 is 2.89 bits per heavy atom. The Balaban J connectivity index is 2.49. The molecule has 0 aliphatic heterocycles. The lowest BCUT2D eigenvalue weighted by molar-refractivity contribution is 0.0797. The van der Waals surface area contributed by atoms with Crippen LogP contribution in [-0.4, -0.2) is 42.7 Å². The molecule has 0 saturated carbocycles. The highest BCUT2D eigenvalue weighted by Crippen LogP contribution is 2.17. The molecule has 0 fully saturated rings. The summed E-state index contributed by atoms with van der Waals surface area (Å²) in [5.41, 5.74) is 5.31. The summed E-state index contributed by atoms with van der Waals surface area (Å²) in [5.74, 6) is 5.72. The number of nitrogens with zero attached hydrogens (tertiary/aromatic N) is 1. The van der Waals surface area contributed by atoms with Crippen molar-refractivity contribution in [1.82, 2.24) is 4.90 Å². The maximum Gasteiger partial charge on any atom is 0.263 e. The average Bonchev–Trinajstić information content (AvgIpc) is 2.89. The first-order chi connectivity index (χ1) is 9.19. The van der Waals surface area contributed by atoms with Crippen LogP contribution in [0.25, 0.3) is 0 Å². The number of nitrogens with two attached hydrogens (primary N) is 1. The van der Waals surface area contributed by atoms with E-state index in [1.807, 2.05) is 6.07 Å². The second-order valence-corrected chi connectivity index (χ2v) is 5.26. The molecule has 3 N–H and O–H groups in total. The molecule has 1 amide bonds. The Labute approximate surface area is 118 Å². The van der Waals surface area contributed by atoms with Crippen molar-refractivity contribution >= 4 is 17.2 Å². The largest absolute Gasteiger partial charge is 0.396 e. The lowest BCUT2D eigenvalue weighted by Gasteiger charge is -2.15. The van der Waals surface area contributed by atoms with Gasteiger partial charge in [-0.3, -0.25) is 4.79 Å². The van der Waals surface area contributed by atoms with Gasteiger partial charge in [0, 0.05) is 20.2 Å². The molecule has 104 valence electrons. The fraction of sp³-hybridized carbons (Fsp3) is 0.500. The number of thiophene rings is 1. The average molecular weight is 280 g/mol. The third kappa shape index (κ3) is 5.43. The van der Waals surface area contributed by atoms with Gasteiger partial charge in [0.2, 0.25) is 0 Å². The molecule has 0 bridgehead atoms. The zero-order valence-corrected chi connectivity index (χ0v) is 12.0. The van der Waals surface area contributed by atoms with Crippen LogP contribution in [0.4, 0.5) is 0 Å². The van der Waals surface area contributed by atoms with Crippen molar-refractivity contribution < 1.29 is 9.90 Å². The fourth-order valence-electron chi connectivity index (χ4n) is 1.59. The van der Waals surface area contributed by atoms with E-state index >= 15 is 0 Å². The lowest BCUT2D eigenvalue weighted by Crippen LogP contribution is -2.27. The molecule has 0 spiro atoms. The predicted molar refractivity (Wildman–Crippen MR) is 78.1 cm³/mol. The minimum absolute atomic E-state index is 0.0230. The maximum atomic E-state index is 12.1. The highest BCUT2D eigenvalue weighted by molar-refractivity contribution is 7.14. The van der Waals surface area contributed by atoms with E-state index in [1.165, 1.54) is 11.3 Å². The van der Waals surface area contributed by atoms with Crippen LogP contribution in [0, 0.1) is 11.8 Å². The van der Waals surface area contributed by atoms with Crippen LogP contribution in [0.3, 0.4) is 0 Å². The molecule has 0 radical (unpaired) electrons. The molecule has 0 aliphatic carbocycles. The van der Waals surface area contributed by atoms with Crippen molar-refractivity contribution in [3.05, 3.63) is 21.9 Å². The smallest absolute Gasteiger partial charge is 0.263 e. The Kier molecular flexibility index (Phi) is 7.19. The van der Waals surface area contributed by atoms with Crippen LogP contribution < -0.4 is 5.73 Å². The Hall–Kier alpha value is -1.35. The zero-order chi connectivity index (χ0) is 14.1. The van der Waals surface area contributed by atoms with Crippen LogP contribution in [0.5, 0.6) is 0 Å². The van der Waals surface area contributed by atoms with E-state index in [0.717, 1.165) is 24.1 Å². The van der Waals surface area contributed by atoms with Crippen LogP contribution in [0.15, 0.2) is 12.1 Å². The molecule has 1 aromatic rings. The number of carbonyl (C=O) groups excluding carboxylic acids is 1. The SMILES string of the molecule is CN(CCCCCO)C(=O)c1ccc(C#CCN)s1. The monoisotopic (exact) mass is 280 g/mol. The first-order valence-corrected chi connectivity index (χ1v) is 7.15. The molecule has 4 nitrogen and oxygen atoms in total. The predicted octanol–water partition coefficient (Wildman–Crippen LogP) is 1.29. The summed E-state index contributed by atoms with van der Waals surface area (Å²) in [4.78, 5) is 15.4. The zero-order valence-electron chi connectivity index (χ0n) is 11.2. The molecular weight excluding hydrogens is 260 g/mol. The first kappa shape index (κ1) is 15.7. The topological polar surface area (TPSA) is 66.6 Å². The van der Waals surface area contributed by atoms with Crippen molar-refractivity contribution in [3.63, 3.8) is 0 Å². The quantitative estimate of drug-likeness (QED) is 0.609. The highest BCUT2D eigenvalue weighted by atomic mass is 32.1. The van der Waals surface area contributed by atoms with Gasteiger partial charge in [-0.1, -0.05) is 11.8 Å². The van der Waals surface area contributed by atoms with Gasteiger partial charge >= 0.3 is 0 Å². The molecule has 0 unspecified atom stereocenters. The maximum absolute atomic E-state index is 12.1. The fourth-order valence-corrected chi connectivity index (χ4v) is 2.46. The van der Waals surface area contributed by atoms with E-state index in [9.17, 15) is 4.79 Å². The summed E-state index contributed by atoms with van der Waals surface area (Å²) in [6.45, 7) is 1.25. The Bertz CT molecular complexity index is 460. The third-order valence-electron chi connectivity index (χ3n) is 2.63. The molecule has 0 atom stereocenters. The normalized spacial score (nSPS) is 9.84. The van der Waals surface area contributed by atoms with Crippen molar-refractivity contribution in [1.29, 1.82) is 0 Å². The van der Waals surface area contributed by atoms with Crippen LogP contribution in [0.2, 0.25) is 0 Å². The van der Waals surface area contributed by atoms with Crippen LogP contribution in [-0.2, 0) is 0 Å². The van der Waals surface area contributed by atoms with E-state index in [0.29, 0.717) is 18.0 Å². The molecular formula is C14H20N2O2S. The van der Waals surface area contributed by atoms with E-state index in [1.54, 1.807) is 18.0 Å². The number of aliphatic hydroxyl groups is 1. The molecule has 0 aliphatic rings. The van der Waals surface area contributed by atoms with Crippen molar-refractivity contribution in [2.75, 3.05) is 26.7 Å². The molecule has 0 saturated heterocycles. The van der Waals surface area contributed by atoms with Gasteiger partial charge < -0.3 is 15.7 Å². The lowest BCUT2D eigenvalue weighted by atomic mass is 10.2. The summed E-state index contributed by atoms with van der Waals surface area (Å²) in [6.07, 6.45) is 2.64. The van der Waals surface area contributed by atoms with E-state index in [4.69, 9.17) is 10.8 Å². The van der Waals surface area contributed by atoms with Gasteiger partial charge in [0.05, 0.1) is 16.3 Å². The second kappa shape index (κ2) is 8.70. The number of hydrogen-bond acceptors (Lipinski definition) is 4. The van der Waals surface area contributed by atoms with Gasteiger partial charge in [0.25, 0.3) is 5.91 Å². The van der Waals surface area contributed by atoms with Crippen LogP contribution in [0.1, 0.15) is 33.8 Å². The summed E-state index contributed by atoms with van der Waals surface area (Å²) in [7, 11) is 1.80. The Morgan fingerprint density at radius 1 is 1.42 bits per heavy atom. The van der Waals surface area contributed by atoms with Gasteiger partial charge in [0.15, 0.2) is 0 Å². The summed E-state index contributed by atoms with van der Waals surface area (Å²) in [5, 5.41) is 8.69. The number of rotatable bonds is 6. The number of amides is 1. The van der Waals surface area contributed by atoms with Gasteiger partial charge in [-0.05, 0) is 31.4 Å². The Morgan fingerprint density at radius 2 is 2.21 bits per heavy atom. The van der Waals surface area contributed by atoms with Gasteiger partial charge in [-0.15, -0.1) is 11.3 Å². The van der Waals surface area contributed by atoms with Crippen molar-refractivity contribution in [2.45, 2.75) is 19.3 Å². The van der Waals surface area contributed by atoms with Gasteiger partial charge in [-0.2, -0.15) is 0 Å². The van der Waals surface area contributed by atoms with E-state index in [-0.39, 0.29) is 12.5 Å². The number of unbranched alkanes of at least 4 members (excludes halogenated alkanes) is 2. The molecule has 1 aromatic heterocycles. The summed E-state index contributed by atoms with van der Waals surface area (Å²) < 4.78 is 0. The summed E-state index contributed by atoms with van der Waals surface area (Å²) in [6, 6.07) is 3.65. The molecule has 1 rings (SSSR count). The van der Waals surface area contributed by atoms with E-state index < -0.39 is 0 Å². The summed E-state index contributed by atoms with van der Waals surface area (Å²) >= 11 is 1.39. The van der Waals surface area contributed by atoms with E-state index in [2.05, 4.69) is 11.8 Å². The second-order valence-electron chi connectivity index (χ2n) is 4.18. The first-order valence-electron chi connectivity index (χ1n) is 6.34. The third-order valence-corrected chi connectivity index (χ3v) is 3.62. The minimum atomic E-state index is 0.0230. The minimum Gasteiger partial charge on any atom is -0.396 e. The van der Waals surface area contributed by atoms with Crippen molar-refractivity contribution in [3.8, 4) is 11.8 Å². The van der Waals surface area contributed by atoms with Crippen LogP contribution >= 0.6 is 11.3 Å². The van der Waals surface area contributed by atoms with Gasteiger partial charge in [0.1, 0.15) is 0 Å². The molecule has 19 heavy (non-hydrogen) atoms. The molecule has 5 heteroatoms. The standard InChI is InChI=1S/C14H20N2O2S/c1-16(10-3-2-4-11-17)14(18)13-8-7-12(19-13)6-5-9-15/h7-8,17H,2-4,9-11,15H2,1H3. The number of aliphatic hydroxyl groups excluding tert-OH is 1. The van der Waals surface area contributed by atoms with Gasteiger partial charge in [-0.25, -0.2) is 0 Å².